The van der Waals surface area contributed by atoms with E-state index >= 15 is 0 Å². The minimum atomic E-state index is -0.979. The summed E-state index contributed by atoms with van der Waals surface area (Å²) in [7, 11) is 1.62. The predicted octanol–water partition coefficient (Wildman–Crippen LogP) is 1.61. The average Bonchev–Trinajstić information content (AvgIpc) is 3.07. The zero-order valence-electron chi connectivity index (χ0n) is 10.4. The maximum Gasteiger partial charge on any atom is 0.127 e. The molecule has 1 heterocycles. The average molecular weight is 238 g/mol. The molecule has 0 bridgehead atoms. The molecule has 1 aliphatic heterocycles. The molecule has 1 N–H and O–H groups in total. The van der Waals surface area contributed by atoms with Crippen LogP contribution in [0.4, 0.5) is 0 Å². The molecule has 0 spiro atoms. The van der Waals surface area contributed by atoms with Crippen molar-refractivity contribution in [2.24, 2.45) is 0 Å². The van der Waals surface area contributed by atoms with E-state index in [1.807, 2.05) is 31.2 Å². The number of hydrogen-bond acceptors (Lipinski definition) is 4. The van der Waals surface area contributed by atoms with Gasteiger partial charge in [-0.15, -0.1) is 0 Å². The minimum absolute atomic E-state index is 0.204. The lowest BCUT2D eigenvalue weighted by molar-refractivity contribution is -0.0477. The molecule has 2 rings (SSSR count). The Labute approximate surface area is 101 Å². The number of methoxy groups -OCH3 is 1. The number of hydrogen-bond donors (Lipinski definition) is 1. The Morgan fingerprint density at radius 2 is 1.88 bits per heavy atom. The summed E-state index contributed by atoms with van der Waals surface area (Å²) in [4.78, 5) is 0. The van der Waals surface area contributed by atoms with Crippen LogP contribution in [-0.2, 0) is 4.74 Å². The second-order valence-electron chi connectivity index (χ2n) is 4.76. The molecule has 1 fully saturated rings. The van der Waals surface area contributed by atoms with E-state index in [-0.39, 0.29) is 6.61 Å². The summed E-state index contributed by atoms with van der Waals surface area (Å²) >= 11 is 0. The fourth-order valence-corrected chi connectivity index (χ4v) is 1.47. The Morgan fingerprint density at radius 3 is 2.35 bits per heavy atom. The van der Waals surface area contributed by atoms with Crippen LogP contribution in [0.3, 0.4) is 0 Å². The van der Waals surface area contributed by atoms with Crippen LogP contribution in [0, 0.1) is 0 Å². The van der Waals surface area contributed by atoms with Crippen molar-refractivity contribution >= 4 is 0 Å². The highest BCUT2D eigenvalue weighted by molar-refractivity contribution is 5.31. The summed E-state index contributed by atoms with van der Waals surface area (Å²) in [5, 5.41) is 10.2. The number of epoxide rings is 1. The van der Waals surface area contributed by atoms with Crippen molar-refractivity contribution in [1.29, 1.82) is 0 Å². The van der Waals surface area contributed by atoms with Crippen molar-refractivity contribution in [1.82, 2.24) is 0 Å². The summed E-state index contributed by atoms with van der Waals surface area (Å²) < 4.78 is 15.8. The second-order valence-corrected chi connectivity index (χ2v) is 4.76. The van der Waals surface area contributed by atoms with Crippen molar-refractivity contribution in [2.75, 3.05) is 20.3 Å². The molecule has 4 heteroatoms. The van der Waals surface area contributed by atoms with E-state index in [2.05, 4.69) is 0 Å². The van der Waals surface area contributed by atoms with E-state index in [0.29, 0.717) is 12.4 Å². The van der Waals surface area contributed by atoms with Crippen LogP contribution < -0.4 is 9.47 Å². The summed E-state index contributed by atoms with van der Waals surface area (Å²) in [6, 6.07) is 7.26. The van der Waals surface area contributed by atoms with Gasteiger partial charge in [-0.1, -0.05) is 0 Å². The highest BCUT2D eigenvalue weighted by atomic mass is 16.6. The molecule has 1 aromatic carbocycles. The standard InChI is InChI=1S/C13H18O4/c1-12(14,13(2)9-17-13)8-16-11-6-4-10(15-3)5-7-11/h4-7,14H,8-9H2,1-3H3/t12-,13+/m1/s1. The largest absolute Gasteiger partial charge is 0.497 e. The number of rotatable bonds is 5. The van der Waals surface area contributed by atoms with Gasteiger partial charge in [0.05, 0.1) is 13.7 Å². The van der Waals surface area contributed by atoms with Crippen molar-refractivity contribution in [3.63, 3.8) is 0 Å². The molecule has 1 saturated heterocycles. The third-order valence-electron chi connectivity index (χ3n) is 3.30. The molecule has 0 amide bonds. The molecule has 2 atom stereocenters. The van der Waals surface area contributed by atoms with E-state index in [4.69, 9.17) is 14.2 Å². The summed E-state index contributed by atoms with van der Waals surface area (Å²) in [5.41, 5.74) is -1.45. The molecule has 0 aromatic heterocycles. The first-order valence-electron chi connectivity index (χ1n) is 5.60. The molecule has 0 radical (unpaired) electrons. The van der Waals surface area contributed by atoms with E-state index in [9.17, 15) is 5.11 Å². The Hall–Kier alpha value is -1.26. The van der Waals surface area contributed by atoms with Crippen LogP contribution in [0.1, 0.15) is 13.8 Å². The molecule has 0 saturated carbocycles. The molecule has 94 valence electrons. The molecular formula is C13H18O4. The third-order valence-corrected chi connectivity index (χ3v) is 3.30. The molecule has 4 nitrogen and oxygen atoms in total. The summed E-state index contributed by atoms with van der Waals surface area (Å²) in [5.74, 6) is 1.48. The molecule has 0 unspecified atom stereocenters. The van der Waals surface area contributed by atoms with Gasteiger partial charge in [-0.2, -0.15) is 0 Å². The summed E-state index contributed by atoms with van der Waals surface area (Å²) in [6.45, 7) is 4.38. The lowest BCUT2D eigenvalue weighted by atomic mass is 9.92. The van der Waals surface area contributed by atoms with Gasteiger partial charge in [-0.25, -0.2) is 0 Å². The summed E-state index contributed by atoms with van der Waals surface area (Å²) in [6.07, 6.45) is 0. The maximum absolute atomic E-state index is 10.2. The maximum atomic E-state index is 10.2. The van der Waals surface area contributed by atoms with Crippen LogP contribution in [0.2, 0.25) is 0 Å². The Kier molecular flexibility index (Phi) is 3.02. The smallest absolute Gasteiger partial charge is 0.127 e. The monoisotopic (exact) mass is 238 g/mol. The van der Waals surface area contributed by atoms with Gasteiger partial charge in [0.15, 0.2) is 0 Å². The van der Waals surface area contributed by atoms with Crippen LogP contribution >= 0.6 is 0 Å². The van der Waals surface area contributed by atoms with Gasteiger partial charge in [0.2, 0.25) is 0 Å². The molecular weight excluding hydrogens is 220 g/mol. The van der Waals surface area contributed by atoms with E-state index in [1.54, 1.807) is 14.0 Å². The van der Waals surface area contributed by atoms with Gasteiger partial charge < -0.3 is 19.3 Å². The fourth-order valence-electron chi connectivity index (χ4n) is 1.47. The van der Waals surface area contributed by atoms with Crippen molar-refractivity contribution in [3.05, 3.63) is 24.3 Å². The SMILES string of the molecule is COc1ccc(OC[C@@](C)(O)[C@]2(C)CO2)cc1. The molecule has 1 aliphatic rings. The van der Waals surface area contributed by atoms with Crippen LogP contribution in [0.25, 0.3) is 0 Å². The first kappa shape index (κ1) is 12.2. The zero-order valence-corrected chi connectivity index (χ0v) is 10.4. The normalized spacial score (nSPS) is 26.1. The lowest BCUT2D eigenvalue weighted by Crippen LogP contribution is -2.45. The number of aliphatic hydroxyl groups is 1. The molecule has 17 heavy (non-hydrogen) atoms. The van der Waals surface area contributed by atoms with Gasteiger partial charge in [0.1, 0.15) is 29.3 Å². The highest BCUT2D eigenvalue weighted by Gasteiger charge is 2.55. The zero-order chi connectivity index (χ0) is 12.5. The Balaban J connectivity index is 1.93. The van der Waals surface area contributed by atoms with Crippen molar-refractivity contribution in [2.45, 2.75) is 25.0 Å². The Bertz CT molecular complexity index is 379. The minimum Gasteiger partial charge on any atom is -0.497 e. The number of benzene rings is 1. The Morgan fingerprint density at radius 1 is 1.35 bits per heavy atom. The first-order valence-corrected chi connectivity index (χ1v) is 5.60. The van der Waals surface area contributed by atoms with E-state index in [0.717, 1.165) is 5.75 Å². The van der Waals surface area contributed by atoms with Crippen molar-refractivity contribution in [3.8, 4) is 11.5 Å². The van der Waals surface area contributed by atoms with Crippen LogP contribution in [-0.4, -0.2) is 36.6 Å². The topological polar surface area (TPSA) is 51.2 Å². The van der Waals surface area contributed by atoms with Gasteiger partial charge in [-0.05, 0) is 38.1 Å². The quantitative estimate of drug-likeness (QED) is 0.792. The third kappa shape index (κ3) is 2.53. The van der Waals surface area contributed by atoms with Crippen LogP contribution in [0.15, 0.2) is 24.3 Å². The van der Waals surface area contributed by atoms with Crippen molar-refractivity contribution < 1.29 is 19.3 Å². The highest BCUT2D eigenvalue weighted by Crippen LogP contribution is 2.38. The van der Waals surface area contributed by atoms with Gasteiger partial charge in [0.25, 0.3) is 0 Å². The molecule has 1 aromatic rings. The first-order chi connectivity index (χ1) is 7.97. The van der Waals surface area contributed by atoms with Crippen LogP contribution in [0.5, 0.6) is 11.5 Å². The second kappa shape index (κ2) is 4.20. The van der Waals surface area contributed by atoms with E-state index in [1.165, 1.54) is 0 Å². The van der Waals surface area contributed by atoms with Gasteiger partial charge >= 0.3 is 0 Å². The molecule has 0 aliphatic carbocycles. The van der Waals surface area contributed by atoms with E-state index < -0.39 is 11.2 Å². The van der Waals surface area contributed by atoms with Gasteiger partial charge in [-0.3, -0.25) is 0 Å². The fraction of sp³-hybridized carbons (Fsp3) is 0.538. The lowest BCUT2D eigenvalue weighted by Gasteiger charge is -2.27. The van der Waals surface area contributed by atoms with Gasteiger partial charge in [0, 0.05) is 0 Å². The number of ether oxygens (including phenoxy) is 3. The predicted molar refractivity (Wildman–Crippen MR) is 63.5 cm³/mol.